The highest BCUT2D eigenvalue weighted by molar-refractivity contribution is 6.30. The number of hydrogen-bond donors (Lipinski definition) is 2. The molecule has 1 aromatic carbocycles. The molecule has 2 N–H and O–H groups in total. The molecule has 0 heterocycles. The van der Waals surface area contributed by atoms with E-state index in [2.05, 4.69) is 11.9 Å². The smallest absolute Gasteiger partial charge is 0.332 e. The van der Waals surface area contributed by atoms with Crippen molar-refractivity contribution in [3.05, 3.63) is 40.9 Å². The van der Waals surface area contributed by atoms with Gasteiger partial charge in [0.25, 0.3) is 0 Å². The van der Waals surface area contributed by atoms with Gasteiger partial charge in [-0.15, -0.1) is 0 Å². The summed E-state index contributed by atoms with van der Waals surface area (Å²) in [7, 11) is 0. The Morgan fingerprint density at radius 1 is 1.60 bits per heavy atom. The Bertz CT molecular complexity index is 402. The monoisotopic (exact) mass is 225 g/mol. The maximum atomic E-state index is 10.5. The van der Waals surface area contributed by atoms with Crippen molar-refractivity contribution in [3.8, 4) is 0 Å². The average molecular weight is 226 g/mol. The van der Waals surface area contributed by atoms with Crippen molar-refractivity contribution in [2.75, 3.05) is 11.9 Å². The minimum absolute atomic E-state index is 0.120. The minimum Gasteiger partial charge on any atom is -0.478 e. The van der Waals surface area contributed by atoms with Crippen LogP contribution in [0, 0.1) is 6.92 Å². The van der Waals surface area contributed by atoms with Gasteiger partial charge in [-0.05, 0) is 24.6 Å². The second-order valence-corrected chi connectivity index (χ2v) is 3.66. The molecule has 0 aromatic heterocycles. The molecule has 0 aliphatic carbocycles. The number of nitrogens with one attached hydrogen (secondary N) is 1. The Hall–Kier alpha value is -1.48. The lowest BCUT2D eigenvalue weighted by Crippen LogP contribution is -2.11. The van der Waals surface area contributed by atoms with Crippen molar-refractivity contribution in [1.29, 1.82) is 0 Å². The highest BCUT2D eigenvalue weighted by Gasteiger charge is 2.04. The Morgan fingerprint density at radius 2 is 2.27 bits per heavy atom. The number of carboxylic acids is 1. The van der Waals surface area contributed by atoms with Crippen LogP contribution < -0.4 is 5.32 Å². The van der Waals surface area contributed by atoms with E-state index in [1.54, 1.807) is 12.1 Å². The van der Waals surface area contributed by atoms with Crippen LogP contribution in [0.15, 0.2) is 30.4 Å². The molecule has 0 fully saturated rings. The molecule has 0 aliphatic rings. The minimum atomic E-state index is -0.998. The predicted octanol–water partition coefficient (Wildman–Crippen LogP) is 2.70. The first kappa shape index (κ1) is 11.6. The average Bonchev–Trinajstić information content (AvgIpc) is 2.18. The van der Waals surface area contributed by atoms with Crippen LogP contribution in [-0.4, -0.2) is 17.6 Å². The fourth-order valence-electron chi connectivity index (χ4n) is 1.06. The van der Waals surface area contributed by atoms with Crippen LogP contribution in [0.1, 0.15) is 5.56 Å². The number of aliphatic carboxylic acids is 1. The van der Waals surface area contributed by atoms with Gasteiger partial charge in [-0.25, -0.2) is 4.79 Å². The summed E-state index contributed by atoms with van der Waals surface area (Å²) < 4.78 is 0. The number of carbonyl (C=O) groups is 1. The van der Waals surface area contributed by atoms with E-state index < -0.39 is 5.97 Å². The standard InChI is InChI=1S/C11H12ClNO2/c1-7-3-4-9(12)5-10(7)13-6-8(2)11(14)15/h3-5,13H,2,6H2,1H3,(H,14,15). The first-order valence-electron chi connectivity index (χ1n) is 4.42. The Morgan fingerprint density at radius 3 is 2.87 bits per heavy atom. The molecule has 0 aliphatic heterocycles. The summed E-state index contributed by atoms with van der Waals surface area (Å²) in [6, 6.07) is 5.41. The number of rotatable bonds is 4. The maximum absolute atomic E-state index is 10.5. The van der Waals surface area contributed by atoms with Crippen LogP contribution in [-0.2, 0) is 4.79 Å². The Balaban J connectivity index is 2.69. The van der Waals surface area contributed by atoms with Crippen molar-refractivity contribution >= 4 is 23.3 Å². The molecule has 3 nitrogen and oxygen atoms in total. The van der Waals surface area contributed by atoms with E-state index >= 15 is 0 Å². The van der Waals surface area contributed by atoms with Crippen LogP contribution in [0.3, 0.4) is 0 Å². The van der Waals surface area contributed by atoms with E-state index in [1.807, 2.05) is 13.0 Å². The van der Waals surface area contributed by atoms with Gasteiger partial charge in [-0.3, -0.25) is 0 Å². The summed E-state index contributed by atoms with van der Waals surface area (Å²) in [5.41, 5.74) is 1.96. The molecule has 1 rings (SSSR count). The molecule has 4 heteroatoms. The van der Waals surface area contributed by atoms with Gasteiger partial charge in [-0.2, -0.15) is 0 Å². The lowest BCUT2D eigenvalue weighted by molar-refractivity contribution is -0.132. The molecule has 0 atom stereocenters. The van der Waals surface area contributed by atoms with E-state index in [9.17, 15) is 4.79 Å². The fraction of sp³-hybridized carbons (Fsp3) is 0.182. The molecule has 0 radical (unpaired) electrons. The number of anilines is 1. The molecular formula is C11H12ClNO2. The van der Waals surface area contributed by atoms with Crippen LogP contribution in [0.25, 0.3) is 0 Å². The number of benzene rings is 1. The van der Waals surface area contributed by atoms with Gasteiger partial charge in [-0.1, -0.05) is 24.2 Å². The molecule has 0 bridgehead atoms. The van der Waals surface area contributed by atoms with Crippen molar-refractivity contribution in [2.24, 2.45) is 0 Å². The zero-order valence-electron chi connectivity index (χ0n) is 8.38. The van der Waals surface area contributed by atoms with Gasteiger partial charge in [0, 0.05) is 22.8 Å². The molecule has 0 amide bonds. The zero-order valence-corrected chi connectivity index (χ0v) is 9.14. The summed E-state index contributed by atoms with van der Waals surface area (Å²) in [5.74, 6) is -0.998. The van der Waals surface area contributed by atoms with Gasteiger partial charge in [0.2, 0.25) is 0 Å². The lowest BCUT2D eigenvalue weighted by atomic mass is 10.2. The molecular weight excluding hydrogens is 214 g/mol. The molecule has 1 aromatic rings. The number of halogens is 1. The molecule has 0 saturated carbocycles. The van der Waals surface area contributed by atoms with E-state index in [0.29, 0.717) is 5.02 Å². The van der Waals surface area contributed by atoms with Gasteiger partial charge >= 0.3 is 5.97 Å². The third-order valence-electron chi connectivity index (χ3n) is 1.99. The normalized spacial score (nSPS) is 9.73. The first-order chi connectivity index (χ1) is 7.00. The molecule has 0 spiro atoms. The molecule has 0 unspecified atom stereocenters. The number of carboxylic acid groups (broad SMARTS) is 1. The van der Waals surface area contributed by atoms with Crippen molar-refractivity contribution in [3.63, 3.8) is 0 Å². The summed E-state index contributed by atoms with van der Waals surface area (Å²) in [4.78, 5) is 10.5. The van der Waals surface area contributed by atoms with Crippen molar-refractivity contribution in [1.82, 2.24) is 0 Å². The second kappa shape index (κ2) is 4.84. The highest BCUT2D eigenvalue weighted by atomic mass is 35.5. The van der Waals surface area contributed by atoms with Crippen molar-refractivity contribution in [2.45, 2.75) is 6.92 Å². The van der Waals surface area contributed by atoms with E-state index in [4.69, 9.17) is 16.7 Å². The third-order valence-corrected chi connectivity index (χ3v) is 2.23. The quantitative estimate of drug-likeness (QED) is 0.775. The third kappa shape index (κ3) is 3.29. The molecule has 0 saturated heterocycles. The first-order valence-corrected chi connectivity index (χ1v) is 4.79. The van der Waals surface area contributed by atoms with Crippen molar-refractivity contribution < 1.29 is 9.90 Å². The van der Waals surface area contributed by atoms with Crippen LogP contribution in [0.5, 0.6) is 0 Å². The lowest BCUT2D eigenvalue weighted by Gasteiger charge is -2.09. The van der Waals surface area contributed by atoms with Crippen LogP contribution in [0.4, 0.5) is 5.69 Å². The van der Waals surface area contributed by atoms with Gasteiger partial charge in [0.1, 0.15) is 0 Å². The van der Waals surface area contributed by atoms with Gasteiger partial charge < -0.3 is 10.4 Å². The zero-order chi connectivity index (χ0) is 11.4. The van der Waals surface area contributed by atoms with Crippen LogP contribution in [0.2, 0.25) is 5.02 Å². The summed E-state index contributed by atoms with van der Waals surface area (Å²) >= 11 is 5.82. The Labute approximate surface area is 93.4 Å². The number of aryl methyl sites for hydroxylation is 1. The predicted molar refractivity (Wildman–Crippen MR) is 61.5 cm³/mol. The van der Waals surface area contributed by atoms with E-state index in [0.717, 1.165) is 11.3 Å². The number of hydrogen-bond acceptors (Lipinski definition) is 2. The molecule has 15 heavy (non-hydrogen) atoms. The van der Waals surface area contributed by atoms with E-state index in [-0.39, 0.29) is 12.1 Å². The topological polar surface area (TPSA) is 49.3 Å². The van der Waals surface area contributed by atoms with Gasteiger partial charge in [0.05, 0.1) is 0 Å². The summed E-state index contributed by atoms with van der Waals surface area (Å²) in [6.07, 6.45) is 0. The van der Waals surface area contributed by atoms with Gasteiger partial charge in [0.15, 0.2) is 0 Å². The van der Waals surface area contributed by atoms with Crippen LogP contribution >= 0.6 is 11.6 Å². The highest BCUT2D eigenvalue weighted by Crippen LogP contribution is 2.20. The summed E-state index contributed by atoms with van der Waals surface area (Å²) in [6.45, 7) is 5.55. The Kier molecular flexibility index (Phi) is 3.74. The maximum Gasteiger partial charge on any atom is 0.332 e. The SMILES string of the molecule is C=C(CNc1cc(Cl)ccc1C)C(=O)O. The second-order valence-electron chi connectivity index (χ2n) is 3.22. The fourth-order valence-corrected chi connectivity index (χ4v) is 1.23. The summed E-state index contributed by atoms with van der Waals surface area (Å²) in [5, 5.41) is 12.2. The van der Waals surface area contributed by atoms with E-state index in [1.165, 1.54) is 0 Å². The molecule has 80 valence electrons. The largest absolute Gasteiger partial charge is 0.478 e.